The summed E-state index contributed by atoms with van der Waals surface area (Å²) in [6.45, 7) is 5.90. The number of hydrogen-bond donors (Lipinski definition) is 1. The SMILES string of the molecule is CCOc1ccc(S(=O)(=O)N(CC)CC)cc1NC(=O)COc1cccc(F)c1. The number of benzene rings is 2. The first-order valence-electron chi connectivity index (χ1n) is 9.27. The lowest BCUT2D eigenvalue weighted by Gasteiger charge is -2.20. The lowest BCUT2D eigenvalue weighted by atomic mass is 10.3. The molecule has 0 aromatic heterocycles. The Morgan fingerprint density at radius 1 is 1.07 bits per heavy atom. The van der Waals surface area contributed by atoms with Gasteiger partial charge in [0.1, 0.15) is 17.3 Å². The molecule has 0 aliphatic rings. The number of carbonyl (C=O) groups excluding carboxylic acids is 1. The van der Waals surface area contributed by atoms with Gasteiger partial charge in [0.15, 0.2) is 6.61 Å². The maximum absolute atomic E-state index is 13.2. The smallest absolute Gasteiger partial charge is 0.262 e. The summed E-state index contributed by atoms with van der Waals surface area (Å²) in [5, 5.41) is 2.60. The number of amides is 1. The van der Waals surface area contributed by atoms with Crippen LogP contribution < -0.4 is 14.8 Å². The molecule has 0 atom stereocenters. The fraction of sp³-hybridized carbons (Fsp3) is 0.350. The monoisotopic (exact) mass is 424 g/mol. The molecular weight excluding hydrogens is 399 g/mol. The average molecular weight is 424 g/mol. The largest absolute Gasteiger partial charge is 0.492 e. The summed E-state index contributed by atoms with van der Waals surface area (Å²) in [4.78, 5) is 12.3. The van der Waals surface area contributed by atoms with Crippen molar-refractivity contribution < 1.29 is 27.1 Å². The van der Waals surface area contributed by atoms with E-state index in [1.165, 1.54) is 40.7 Å². The molecule has 1 amide bonds. The first-order valence-corrected chi connectivity index (χ1v) is 10.7. The van der Waals surface area contributed by atoms with Crippen LogP contribution >= 0.6 is 0 Å². The first kappa shape index (κ1) is 22.6. The van der Waals surface area contributed by atoms with Crippen molar-refractivity contribution in [3.05, 3.63) is 48.3 Å². The lowest BCUT2D eigenvalue weighted by molar-refractivity contribution is -0.118. The number of nitrogens with zero attached hydrogens (tertiary/aromatic N) is 1. The number of halogens is 1. The zero-order valence-corrected chi connectivity index (χ0v) is 17.5. The standard InChI is InChI=1S/C20H25FN2O5S/c1-4-23(5-2)29(25,26)17-10-11-19(27-6-3)18(13-17)22-20(24)14-28-16-9-7-8-15(21)12-16/h7-13H,4-6,14H2,1-3H3,(H,22,24). The predicted octanol–water partition coefficient (Wildman–Crippen LogP) is 3.27. The number of carbonyl (C=O) groups is 1. The fourth-order valence-electron chi connectivity index (χ4n) is 2.65. The Morgan fingerprint density at radius 3 is 2.41 bits per heavy atom. The Balaban J connectivity index is 2.21. The highest BCUT2D eigenvalue weighted by molar-refractivity contribution is 7.89. The Labute approximate surface area is 170 Å². The van der Waals surface area contributed by atoms with E-state index in [9.17, 15) is 17.6 Å². The highest BCUT2D eigenvalue weighted by Crippen LogP contribution is 2.29. The van der Waals surface area contributed by atoms with Crippen LogP contribution in [0.1, 0.15) is 20.8 Å². The van der Waals surface area contributed by atoms with E-state index in [0.717, 1.165) is 6.07 Å². The number of anilines is 1. The maximum Gasteiger partial charge on any atom is 0.262 e. The Kier molecular flexibility index (Phi) is 7.98. The third kappa shape index (κ3) is 5.91. The fourth-order valence-corrected chi connectivity index (χ4v) is 4.14. The zero-order chi connectivity index (χ0) is 21.4. The van der Waals surface area contributed by atoms with Crippen LogP contribution in [0.4, 0.5) is 10.1 Å². The summed E-state index contributed by atoms with van der Waals surface area (Å²) in [6, 6.07) is 9.73. The molecule has 158 valence electrons. The Hall–Kier alpha value is -2.65. The van der Waals surface area contributed by atoms with Gasteiger partial charge in [-0.15, -0.1) is 0 Å². The molecule has 0 spiro atoms. The van der Waals surface area contributed by atoms with Crippen LogP contribution in [-0.2, 0) is 14.8 Å². The van der Waals surface area contributed by atoms with E-state index < -0.39 is 21.7 Å². The summed E-state index contributed by atoms with van der Waals surface area (Å²) in [5.41, 5.74) is 0.216. The van der Waals surface area contributed by atoms with E-state index in [1.807, 2.05) is 0 Å². The normalized spacial score (nSPS) is 11.3. The molecule has 0 aliphatic carbocycles. The number of ether oxygens (including phenoxy) is 2. The second kappa shape index (κ2) is 10.2. The number of rotatable bonds is 10. The van der Waals surface area contributed by atoms with Gasteiger partial charge in [-0.1, -0.05) is 19.9 Å². The molecule has 0 saturated carbocycles. The Morgan fingerprint density at radius 2 is 1.79 bits per heavy atom. The van der Waals surface area contributed by atoms with Crippen molar-refractivity contribution in [1.82, 2.24) is 4.31 Å². The van der Waals surface area contributed by atoms with Crippen molar-refractivity contribution in [2.75, 3.05) is 31.6 Å². The molecule has 0 unspecified atom stereocenters. The minimum Gasteiger partial charge on any atom is -0.492 e. The quantitative estimate of drug-likeness (QED) is 0.633. The van der Waals surface area contributed by atoms with Crippen molar-refractivity contribution in [1.29, 1.82) is 0 Å². The van der Waals surface area contributed by atoms with Gasteiger partial charge in [0.25, 0.3) is 5.91 Å². The van der Waals surface area contributed by atoms with Gasteiger partial charge in [-0.3, -0.25) is 4.79 Å². The molecule has 2 rings (SSSR count). The van der Waals surface area contributed by atoms with Crippen LogP contribution in [0.2, 0.25) is 0 Å². The number of hydrogen-bond acceptors (Lipinski definition) is 5. The summed E-state index contributed by atoms with van der Waals surface area (Å²) >= 11 is 0. The second-order valence-corrected chi connectivity index (χ2v) is 7.91. The van der Waals surface area contributed by atoms with Gasteiger partial charge in [0, 0.05) is 19.2 Å². The van der Waals surface area contributed by atoms with Gasteiger partial charge in [0.05, 0.1) is 17.2 Å². The molecule has 0 radical (unpaired) electrons. The molecular formula is C20H25FN2O5S. The minimum absolute atomic E-state index is 0.0472. The molecule has 0 heterocycles. The molecule has 0 saturated heterocycles. The van der Waals surface area contributed by atoms with E-state index in [1.54, 1.807) is 20.8 Å². The second-order valence-electron chi connectivity index (χ2n) is 5.97. The highest BCUT2D eigenvalue weighted by atomic mass is 32.2. The summed E-state index contributed by atoms with van der Waals surface area (Å²) < 4.78 is 50.8. The van der Waals surface area contributed by atoms with Crippen molar-refractivity contribution in [3.8, 4) is 11.5 Å². The Bertz CT molecular complexity index is 946. The lowest BCUT2D eigenvalue weighted by Crippen LogP contribution is -2.30. The average Bonchev–Trinajstić information content (AvgIpc) is 2.68. The van der Waals surface area contributed by atoms with E-state index >= 15 is 0 Å². The molecule has 29 heavy (non-hydrogen) atoms. The molecule has 9 heteroatoms. The third-order valence-corrected chi connectivity index (χ3v) is 6.08. The third-order valence-electron chi connectivity index (χ3n) is 4.03. The number of sulfonamides is 1. The summed E-state index contributed by atoms with van der Waals surface area (Å²) in [5.74, 6) is -0.461. The van der Waals surface area contributed by atoms with E-state index in [0.29, 0.717) is 25.4 Å². The van der Waals surface area contributed by atoms with Gasteiger partial charge in [0.2, 0.25) is 10.0 Å². The van der Waals surface area contributed by atoms with E-state index in [2.05, 4.69) is 5.32 Å². The highest BCUT2D eigenvalue weighted by Gasteiger charge is 2.23. The van der Waals surface area contributed by atoms with Gasteiger partial charge in [-0.2, -0.15) is 4.31 Å². The topological polar surface area (TPSA) is 84.9 Å². The number of nitrogens with one attached hydrogen (secondary N) is 1. The van der Waals surface area contributed by atoms with Crippen LogP contribution in [-0.4, -0.2) is 44.9 Å². The molecule has 2 aromatic rings. The van der Waals surface area contributed by atoms with Crippen LogP contribution in [0, 0.1) is 5.82 Å². The van der Waals surface area contributed by atoms with Crippen molar-refractivity contribution in [2.45, 2.75) is 25.7 Å². The molecule has 2 aromatic carbocycles. The first-order chi connectivity index (χ1) is 13.8. The van der Waals surface area contributed by atoms with Crippen molar-refractivity contribution in [2.24, 2.45) is 0 Å². The molecule has 0 fully saturated rings. The minimum atomic E-state index is -3.70. The van der Waals surface area contributed by atoms with Crippen molar-refractivity contribution in [3.63, 3.8) is 0 Å². The van der Waals surface area contributed by atoms with E-state index in [-0.39, 0.29) is 22.9 Å². The van der Waals surface area contributed by atoms with Crippen LogP contribution in [0.3, 0.4) is 0 Å². The van der Waals surface area contributed by atoms with E-state index in [4.69, 9.17) is 9.47 Å². The predicted molar refractivity (Wildman–Crippen MR) is 108 cm³/mol. The van der Waals surface area contributed by atoms with Gasteiger partial charge < -0.3 is 14.8 Å². The molecule has 0 aliphatic heterocycles. The molecule has 0 bridgehead atoms. The van der Waals surface area contributed by atoms with Gasteiger partial charge >= 0.3 is 0 Å². The maximum atomic E-state index is 13.2. The summed E-state index contributed by atoms with van der Waals surface area (Å²) in [6.07, 6.45) is 0. The van der Waals surface area contributed by atoms with Crippen LogP contribution in [0.5, 0.6) is 11.5 Å². The van der Waals surface area contributed by atoms with Crippen LogP contribution in [0.15, 0.2) is 47.4 Å². The van der Waals surface area contributed by atoms with Crippen molar-refractivity contribution >= 4 is 21.6 Å². The summed E-state index contributed by atoms with van der Waals surface area (Å²) in [7, 11) is -3.70. The molecule has 7 nitrogen and oxygen atoms in total. The molecule has 1 N–H and O–H groups in total. The van der Waals surface area contributed by atoms with Gasteiger partial charge in [-0.25, -0.2) is 12.8 Å². The van der Waals surface area contributed by atoms with Crippen LogP contribution in [0.25, 0.3) is 0 Å². The van der Waals surface area contributed by atoms with Gasteiger partial charge in [-0.05, 0) is 37.3 Å². The zero-order valence-electron chi connectivity index (χ0n) is 16.6.